The third-order valence-electron chi connectivity index (χ3n) is 4.81. The van der Waals surface area contributed by atoms with E-state index < -0.39 is 0 Å². The van der Waals surface area contributed by atoms with Crippen LogP contribution in [0.5, 0.6) is 0 Å². The van der Waals surface area contributed by atoms with Crippen LogP contribution in [0.15, 0.2) is 42.7 Å². The molecule has 2 heterocycles. The fourth-order valence-electron chi connectivity index (χ4n) is 3.23. The second-order valence-corrected chi connectivity index (χ2v) is 6.39. The van der Waals surface area contributed by atoms with Crippen molar-refractivity contribution in [1.29, 1.82) is 0 Å². The molecule has 2 aromatic rings. The Hall–Kier alpha value is -2.96. The van der Waals surface area contributed by atoms with Crippen molar-refractivity contribution in [2.75, 3.05) is 44.2 Å². The maximum Gasteiger partial charge on any atom is 0.253 e. The van der Waals surface area contributed by atoms with Crippen LogP contribution in [0.2, 0.25) is 0 Å². The van der Waals surface area contributed by atoms with Crippen LogP contribution in [0.25, 0.3) is 0 Å². The predicted molar refractivity (Wildman–Crippen MR) is 104 cm³/mol. The highest BCUT2D eigenvalue weighted by molar-refractivity contribution is 5.99. The molecule has 7 heteroatoms. The number of benzene rings is 1. The molecule has 1 fully saturated rings. The van der Waals surface area contributed by atoms with E-state index in [-0.39, 0.29) is 11.8 Å². The Kier molecular flexibility index (Phi) is 6.01. The van der Waals surface area contributed by atoms with Crippen LogP contribution in [0.1, 0.15) is 34.6 Å². The number of anilines is 1. The topological polar surface area (TPSA) is 69.6 Å². The van der Waals surface area contributed by atoms with Gasteiger partial charge in [-0.15, -0.1) is 0 Å². The van der Waals surface area contributed by atoms with Gasteiger partial charge in [0.1, 0.15) is 0 Å². The Balaban J connectivity index is 1.67. The highest BCUT2D eigenvalue weighted by Gasteiger charge is 2.24. The summed E-state index contributed by atoms with van der Waals surface area (Å²) in [7, 11) is 0. The molecule has 0 aliphatic carbocycles. The number of rotatable bonds is 5. The van der Waals surface area contributed by atoms with Crippen molar-refractivity contribution >= 4 is 17.8 Å². The van der Waals surface area contributed by atoms with Crippen LogP contribution in [0.3, 0.4) is 0 Å². The van der Waals surface area contributed by atoms with Crippen LogP contribution in [-0.4, -0.2) is 70.9 Å². The summed E-state index contributed by atoms with van der Waals surface area (Å²) >= 11 is 0. The van der Waals surface area contributed by atoms with Gasteiger partial charge >= 0.3 is 0 Å². The zero-order valence-electron chi connectivity index (χ0n) is 15.8. The van der Waals surface area contributed by atoms with E-state index in [1.54, 1.807) is 47.6 Å². The molecule has 0 N–H and O–H groups in total. The molecule has 0 atom stereocenters. The Labute approximate surface area is 159 Å². The number of hydrogen-bond acceptors (Lipinski definition) is 5. The van der Waals surface area contributed by atoms with E-state index in [0.29, 0.717) is 56.3 Å². The van der Waals surface area contributed by atoms with E-state index in [4.69, 9.17) is 0 Å². The van der Waals surface area contributed by atoms with Crippen molar-refractivity contribution in [3.8, 4) is 0 Å². The quantitative estimate of drug-likeness (QED) is 0.808. The van der Waals surface area contributed by atoms with Gasteiger partial charge in [0, 0.05) is 62.8 Å². The third-order valence-corrected chi connectivity index (χ3v) is 4.81. The van der Waals surface area contributed by atoms with Gasteiger partial charge in [0.2, 0.25) is 5.95 Å². The van der Waals surface area contributed by atoms with E-state index in [1.807, 2.05) is 18.7 Å². The van der Waals surface area contributed by atoms with E-state index in [9.17, 15) is 9.59 Å². The first-order valence-electron chi connectivity index (χ1n) is 9.34. The van der Waals surface area contributed by atoms with Gasteiger partial charge < -0.3 is 14.7 Å². The highest BCUT2D eigenvalue weighted by atomic mass is 16.2. The number of carbonyl (C=O) groups is 2. The van der Waals surface area contributed by atoms with Gasteiger partial charge in [-0.3, -0.25) is 9.59 Å². The zero-order valence-corrected chi connectivity index (χ0v) is 15.8. The van der Waals surface area contributed by atoms with E-state index in [1.165, 1.54) is 0 Å². The summed E-state index contributed by atoms with van der Waals surface area (Å²) in [6.45, 7) is 7.78. The van der Waals surface area contributed by atoms with Gasteiger partial charge in [0.25, 0.3) is 11.8 Å². The number of aromatic nitrogens is 2. The standard InChI is InChI=1S/C20H25N5O2/c1-3-23(4-2)18(26)16-7-5-8-17(15-16)19(27)24-11-13-25(14-12-24)20-21-9-6-10-22-20/h5-10,15H,3-4,11-14H2,1-2H3. The number of piperazine rings is 1. The molecule has 142 valence electrons. The smallest absolute Gasteiger partial charge is 0.253 e. The maximum absolute atomic E-state index is 12.9. The zero-order chi connectivity index (χ0) is 19.2. The lowest BCUT2D eigenvalue weighted by Crippen LogP contribution is -2.49. The number of amides is 2. The van der Waals surface area contributed by atoms with Crippen LogP contribution in [0, 0.1) is 0 Å². The summed E-state index contributed by atoms with van der Waals surface area (Å²) in [4.78, 5) is 39.6. The first kappa shape index (κ1) is 18.8. The summed E-state index contributed by atoms with van der Waals surface area (Å²) in [6.07, 6.45) is 3.44. The van der Waals surface area contributed by atoms with Crippen LogP contribution in [-0.2, 0) is 0 Å². The van der Waals surface area contributed by atoms with Gasteiger partial charge in [-0.1, -0.05) is 6.07 Å². The molecule has 1 aliphatic rings. The van der Waals surface area contributed by atoms with Crippen molar-refractivity contribution in [3.63, 3.8) is 0 Å². The van der Waals surface area contributed by atoms with Crippen LogP contribution in [0.4, 0.5) is 5.95 Å². The molecule has 3 rings (SSSR count). The fourth-order valence-corrected chi connectivity index (χ4v) is 3.23. The molecule has 0 spiro atoms. The molecule has 1 aliphatic heterocycles. The number of nitrogens with zero attached hydrogens (tertiary/aromatic N) is 5. The van der Waals surface area contributed by atoms with E-state index in [0.717, 1.165) is 0 Å². The third kappa shape index (κ3) is 4.24. The fraction of sp³-hybridized carbons (Fsp3) is 0.400. The summed E-state index contributed by atoms with van der Waals surface area (Å²) in [5, 5.41) is 0. The van der Waals surface area contributed by atoms with Crippen LogP contribution < -0.4 is 4.90 Å². The summed E-state index contributed by atoms with van der Waals surface area (Å²) in [5.74, 6) is 0.606. The molecular formula is C20H25N5O2. The SMILES string of the molecule is CCN(CC)C(=O)c1cccc(C(=O)N2CCN(c3ncccn3)CC2)c1. The molecule has 0 unspecified atom stereocenters. The van der Waals surface area contributed by atoms with Gasteiger partial charge in [-0.25, -0.2) is 9.97 Å². The Bertz CT molecular complexity index is 784. The molecule has 7 nitrogen and oxygen atoms in total. The molecule has 0 saturated carbocycles. The first-order valence-corrected chi connectivity index (χ1v) is 9.34. The molecule has 1 aromatic heterocycles. The average molecular weight is 367 g/mol. The van der Waals surface area contributed by atoms with Crippen molar-refractivity contribution < 1.29 is 9.59 Å². The number of carbonyl (C=O) groups excluding carboxylic acids is 2. The minimum absolute atomic E-state index is 0.0410. The minimum atomic E-state index is -0.0437. The lowest BCUT2D eigenvalue weighted by molar-refractivity contribution is 0.0746. The maximum atomic E-state index is 12.9. The molecule has 1 saturated heterocycles. The van der Waals surface area contributed by atoms with Gasteiger partial charge in [-0.2, -0.15) is 0 Å². The molecule has 0 radical (unpaired) electrons. The molecule has 1 aromatic carbocycles. The van der Waals surface area contributed by atoms with Gasteiger partial charge in [-0.05, 0) is 38.1 Å². The second kappa shape index (κ2) is 8.62. The summed E-state index contributed by atoms with van der Waals surface area (Å²) < 4.78 is 0. The largest absolute Gasteiger partial charge is 0.339 e. The second-order valence-electron chi connectivity index (χ2n) is 6.39. The predicted octanol–water partition coefficient (Wildman–Crippen LogP) is 1.92. The van der Waals surface area contributed by atoms with E-state index in [2.05, 4.69) is 14.9 Å². The van der Waals surface area contributed by atoms with Crippen molar-refractivity contribution in [2.45, 2.75) is 13.8 Å². The lowest BCUT2D eigenvalue weighted by Gasteiger charge is -2.34. The molecule has 0 bridgehead atoms. The van der Waals surface area contributed by atoms with Crippen LogP contribution >= 0.6 is 0 Å². The highest BCUT2D eigenvalue weighted by Crippen LogP contribution is 2.15. The van der Waals surface area contributed by atoms with Crippen molar-refractivity contribution in [3.05, 3.63) is 53.9 Å². The first-order chi connectivity index (χ1) is 13.1. The Morgan fingerprint density at radius 3 is 2.22 bits per heavy atom. The van der Waals surface area contributed by atoms with Gasteiger partial charge in [0.05, 0.1) is 0 Å². The van der Waals surface area contributed by atoms with Crippen molar-refractivity contribution in [1.82, 2.24) is 19.8 Å². The average Bonchev–Trinajstić information content (AvgIpc) is 2.75. The monoisotopic (exact) mass is 367 g/mol. The Morgan fingerprint density at radius 2 is 1.59 bits per heavy atom. The van der Waals surface area contributed by atoms with Gasteiger partial charge in [0.15, 0.2) is 0 Å². The summed E-state index contributed by atoms with van der Waals surface area (Å²) in [5.41, 5.74) is 1.11. The van der Waals surface area contributed by atoms with E-state index >= 15 is 0 Å². The molecule has 2 amide bonds. The Morgan fingerprint density at radius 1 is 0.963 bits per heavy atom. The summed E-state index contributed by atoms with van der Waals surface area (Å²) in [6, 6.07) is 8.81. The normalized spacial score (nSPS) is 14.1. The number of hydrogen-bond donors (Lipinski definition) is 0. The molecular weight excluding hydrogens is 342 g/mol. The van der Waals surface area contributed by atoms with Crippen molar-refractivity contribution in [2.24, 2.45) is 0 Å². The molecule has 27 heavy (non-hydrogen) atoms. The lowest BCUT2D eigenvalue weighted by atomic mass is 10.1. The minimum Gasteiger partial charge on any atom is -0.339 e.